The van der Waals surface area contributed by atoms with Gasteiger partial charge in [-0.3, -0.25) is 4.90 Å². The maximum atomic E-state index is 5.97. The summed E-state index contributed by atoms with van der Waals surface area (Å²) in [6.07, 6.45) is 1.06. The van der Waals surface area contributed by atoms with Crippen LogP contribution in [0.5, 0.6) is 0 Å². The number of rotatable bonds is 1. The summed E-state index contributed by atoms with van der Waals surface area (Å²) in [6, 6.07) is 0. The van der Waals surface area contributed by atoms with Gasteiger partial charge in [-0.1, -0.05) is 0 Å². The van der Waals surface area contributed by atoms with Gasteiger partial charge < -0.3 is 11.1 Å². The molecule has 0 radical (unpaired) electrons. The van der Waals surface area contributed by atoms with E-state index >= 15 is 0 Å². The lowest BCUT2D eigenvalue weighted by molar-refractivity contribution is 0.181. The quantitative estimate of drug-likeness (QED) is 0.455. The Kier molecular flexibility index (Phi) is 1.75. The summed E-state index contributed by atoms with van der Waals surface area (Å²) in [7, 11) is 4.04. The van der Waals surface area contributed by atoms with E-state index in [9.17, 15) is 0 Å². The number of nitrogens with two attached hydrogens (primary N) is 1. The van der Waals surface area contributed by atoms with Gasteiger partial charge in [0.05, 0.1) is 5.66 Å². The topological polar surface area (TPSA) is 41.3 Å². The highest BCUT2D eigenvalue weighted by Crippen LogP contribution is 2.12. The maximum absolute atomic E-state index is 5.97. The Morgan fingerprint density at radius 1 is 1.56 bits per heavy atom. The smallest absolute Gasteiger partial charge is 0.0822 e. The first-order chi connectivity index (χ1) is 4.15. The van der Waals surface area contributed by atoms with Crippen molar-refractivity contribution in [3.05, 3.63) is 0 Å². The molecule has 1 aliphatic heterocycles. The minimum absolute atomic E-state index is 0.0833. The average Bonchev–Trinajstić information content (AvgIpc) is 2.16. The van der Waals surface area contributed by atoms with Gasteiger partial charge in [0, 0.05) is 6.54 Å². The van der Waals surface area contributed by atoms with Crippen molar-refractivity contribution >= 4 is 0 Å². The van der Waals surface area contributed by atoms with Gasteiger partial charge >= 0.3 is 0 Å². The largest absolute Gasteiger partial charge is 0.313 e. The predicted molar refractivity (Wildman–Crippen MR) is 38.1 cm³/mol. The third-order valence-corrected chi connectivity index (χ3v) is 2.06. The summed E-state index contributed by atoms with van der Waals surface area (Å²) in [5.41, 5.74) is 5.88. The van der Waals surface area contributed by atoms with Crippen LogP contribution in [0.25, 0.3) is 0 Å². The van der Waals surface area contributed by atoms with Gasteiger partial charge in [-0.25, -0.2) is 0 Å². The standard InChI is InChI=1S/C6H15N3/c1-9(2)6(7)3-4-8-5-6/h8H,3-5,7H2,1-2H3. The number of hydrogen-bond donors (Lipinski definition) is 2. The Hall–Kier alpha value is -0.120. The lowest BCUT2D eigenvalue weighted by Gasteiger charge is -2.30. The molecule has 1 heterocycles. The zero-order valence-electron chi connectivity index (χ0n) is 6.15. The van der Waals surface area contributed by atoms with Gasteiger partial charge in [0.25, 0.3) is 0 Å². The molecule has 0 aromatic carbocycles. The Labute approximate surface area is 56.2 Å². The van der Waals surface area contributed by atoms with Crippen LogP contribution in [0.4, 0.5) is 0 Å². The first kappa shape index (κ1) is 6.99. The van der Waals surface area contributed by atoms with Crippen LogP contribution in [-0.4, -0.2) is 37.7 Å². The fourth-order valence-electron chi connectivity index (χ4n) is 1.08. The highest BCUT2D eigenvalue weighted by atomic mass is 15.3. The second kappa shape index (κ2) is 2.25. The second-order valence-electron chi connectivity index (χ2n) is 2.92. The minimum Gasteiger partial charge on any atom is -0.313 e. The molecule has 3 nitrogen and oxygen atoms in total. The van der Waals surface area contributed by atoms with Crippen LogP contribution in [0.1, 0.15) is 6.42 Å². The predicted octanol–water partition coefficient (Wildman–Crippen LogP) is -0.804. The molecule has 54 valence electrons. The molecule has 9 heavy (non-hydrogen) atoms. The lowest BCUT2D eigenvalue weighted by Crippen LogP contribution is -2.53. The van der Waals surface area contributed by atoms with E-state index in [1.807, 2.05) is 14.1 Å². The first-order valence-electron chi connectivity index (χ1n) is 3.32. The Morgan fingerprint density at radius 2 is 2.22 bits per heavy atom. The van der Waals surface area contributed by atoms with Crippen molar-refractivity contribution < 1.29 is 0 Å². The summed E-state index contributed by atoms with van der Waals surface area (Å²) < 4.78 is 0. The van der Waals surface area contributed by atoms with Gasteiger partial charge in [-0.2, -0.15) is 0 Å². The van der Waals surface area contributed by atoms with Crippen molar-refractivity contribution in [3.63, 3.8) is 0 Å². The fourth-order valence-corrected chi connectivity index (χ4v) is 1.08. The molecular formula is C6H15N3. The molecule has 3 N–H and O–H groups in total. The Balaban J connectivity index is 2.51. The third kappa shape index (κ3) is 1.23. The van der Waals surface area contributed by atoms with Crippen LogP contribution in [0.3, 0.4) is 0 Å². The van der Waals surface area contributed by atoms with Gasteiger partial charge in [-0.15, -0.1) is 0 Å². The van der Waals surface area contributed by atoms with Crippen molar-refractivity contribution in [2.75, 3.05) is 27.2 Å². The van der Waals surface area contributed by atoms with Crippen LogP contribution >= 0.6 is 0 Å². The highest BCUT2D eigenvalue weighted by molar-refractivity contribution is 4.89. The highest BCUT2D eigenvalue weighted by Gasteiger charge is 2.30. The number of nitrogens with zero attached hydrogens (tertiary/aromatic N) is 1. The van der Waals surface area contributed by atoms with Gasteiger partial charge in [0.1, 0.15) is 0 Å². The normalized spacial score (nSPS) is 36.0. The van der Waals surface area contributed by atoms with Gasteiger partial charge in [-0.05, 0) is 27.1 Å². The summed E-state index contributed by atoms with van der Waals surface area (Å²) in [5, 5.41) is 3.23. The van der Waals surface area contributed by atoms with E-state index in [2.05, 4.69) is 10.2 Å². The van der Waals surface area contributed by atoms with Crippen LogP contribution < -0.4 is 11.1 Å². The molecule has 1 saturated heterocycles. The molecule has 1 atom stereocenters. The van der Waals surface area contributed by atoms with E-state index in [1.165, 1.54) is 0 Å². The van der Waals surface area contributed by atoms with Gasteiger partial charge in [0.2, 0.25) is 0 Å². The molecule has 0 saturated carbocycles. The molecule has 1 unspecified atom stereocenters. The zero-order chi connectivity index (χ0) is 6.91. The van der Waals surface area contributed by atoms with Crippen molar-refractivity contribution in [3.8, 4) is 0 Å². The molecule has 0 amide bonds. The van der Waals surface area contributed by atoms with E-state index in [1.54, 1.807) is 0 Å². The number of likely N-dealkylation sites (N-methyl/N-ethyl adjacent to an activating group) is 1. The zero-order valence-corrected chi connectivity index (χ0v) is 6.15. The monoisotopic (exact) mass is 129 g/mol. The Morgan fingerprint density at radius 3 is 2.44 bits per heavy atom. The third-order valence-electron chi connectivity index (χ3n) is 2.06. The molecular weight excluding hydrogens is 114 g/mol. The molecule has 0 aromatic heterocycles. The van der Waals surface area contributed by atoms with Crippen molar-refractivity contribution in [1.82, 2.24) is 10.2 Å². The summed E-state index contributed by atoms with van der Waals surface area (Å²) >= 11 is 0. The summed E-state index contributed by atoms with van der Waals surface area (Å²) in [5.74, 6) is 0. The van der Waals surface area contributed by atoms with Crippen molar-refractivity contribution in [2.45, 2.75) is 12.1 Å². The molecule has 0 spiro atoms. The van der Waals surface area contributed by atoms with E-state index < -0.39 is 0 Å². The Bertz CT molecular complexity index is 94.5. The first-order valence-corrected chi connectivity index (χ1v) is 3.32. The molecule has 0 aliphatic carbocycles. The maximum Gasteiger partial charge on any atom is 0.0822 e. The van der Waals surface area contributed by atoms with E-state index in [4.69, 9.17) is 5.73 Å². The molecule has 1 rings (SSSR count). The second-order valence-corrected chi connectivity index (χ2v) is 2.92. The van der Waals surface area contributed by atoms with Crippen LogP contribution in [0, 0.1) is 0 Å². The van der Waals surface area contributed by atoms with Crippen LogP contribution in [-0.2, 0) is 0 Å². The molecule has 0 bridgehead atoms. The van der Waals surface area contributed by atoms with E-state index in [0.29, 0.717) is 0 Å². The van der Waals surface area contributed by atoms with Crippen molar-refractivity contribution in [2.24, 2.45) is 5.73 Å². The average molecular weight is 129 g/mol. The molecule has 1 fully saturated rings. The molecule has 1 aliphatic rings. The molecule has 3 heteroatoms. The molecule has 0 aromatic rings. The number of hydrogen-bond acceptors (Lipinski definition) is 3. The van der Waals surface area contributed by atoms with Gasteiger partial charge in [0.15, 0.2) is 0 Å². The van der Waals surface area contributed by atoms with Crippen LogP contribution in [0.15, 0.2) is 0 Å². The number of nitrogens with one attached hydrogen (secondary N) is 1. The minimum atomic E-state index is -0.0833. The SMILES string of the molecule is CN(C)C1(N)CCNC1. The van der Waals surface area contributed by atoms with Crippen molar-refractivity contribution in [1.29, 1.82) is 0 Å². The van der Waals surface area contributed by atoms with E-state index in [-0.39, 0.29) is 5.66 Å². The summed E-state index contributed by atoms with van der Waals surface area (Å²) in [4.78, 5) is 2.08. The van der Waals surface area contributed by atoms with E-state index in [0.717, 1.165) is 19.5 Å². The fraction of sp³-hybridized carbons (Fsp3) is 1.00. The lowest BCUT2D eigenvalue weighted by atomic mass is 10.1. The summed E-state index contributed by atoms with van der Waals surface area (Å²) in [6.45, 7) is 1.97. The van der Waals surface area contributed by atoms with Crippen LogP contribution in [0.2, 0.25) is 0 Å².